The molecule has 3 aromatic carbocycles. The minimum absolute atomic E-state index is 0.261. The van der Waals surface area contributed by atoms with Crippen LogP contribution in [0, 0.1) is 0 Å². The van der Waals surface area contributed by atoms with Gasteiger partial charge in [-0.25, -0.2) is 0 Å². The van der Waals surface area contributed by atoms with E-state index in [0.717, 1.165) is 16.7 Å². The maximum Gasteiger partial charge on any atom is 0.255 e. The maximum atomic E-state index is 12.8. The van der Waals surface area contributed by atoms with Gasteiger partial charge in [-0.05, 0) is 28.8 Å². The second-order valence-corrected chi connectivity index (χ2v) is 6.86. The molecule has 1 amide bonds. The Hall–Kier alpha value is -3.51. The van der Waals surface area contributed by atoms with Crippen LogP contribution in [0.3, 0.4) is 0 Å². The van der Waals surface area contributed by atoms with Crippen LogP contribution in [0.1, 0.15) is 27.0 Å². The van der Waals surface area contributed by atoms with E-state index in [2.05, 4.69) is 5.32 Å². The Balaban J connectivity index is 1.61. The van der Waals surface area contributed by atoms with Gasteiger partial charge < -0.3 is 24.3 Å². The summed E-state index contributed by atoms with van der Waals surface area (Å²) in [5, 5.41) is 2.93. The van der Waals surface area contributed by atoms with Crippen LogP contribution in [-0.4, -0.2) is 27.2 Å². The molecule has 0 aliphatic carbocycles. The third-order valence-corrected chi connectivity index (χ3v) is 4.77. The van der Waals surface area contributed by atoms with Crippen LogP contribution >= 0.6 is 0 Å². The van der Waals surface area contributed by atoms with Crippen molar-refractivity contribution in [1.29, 1.82) is 0 Å². The number of amides is 1. The molecular formula is C25H27NO5. The first-order valence-corrected chi connectivity index (χ1v) is 9.93. The van der Waals surface area contributed by atoms with Gasteiger partial charge in [-0.2, -0.15) is 0 Å². The monoisotopic (exact) mass is 421 g/mol. The van der Waals surface area contributed by atoms with Gasteiger partial charge in [0.1, 0.15) is 0 Å². The van der Waals surface area contributed by atoms with E-state index in [1.807, 2.05) is 54.6 Å². The molecule has 0 aliphatic heterocycles. The summed E-state index contributed by atoms with van der Waals surface area (Å²) in [5.74, 6) is 0.959. The number of nitrogens with one attached hydrogen (secondary N) is 1. The molecule has 0 saturated heterocycles. The smallest absolute Gasteiger partial charge is 0.255 e. The van der Waals surface area contributed by atoms with E-state index in [4.69, 9.17) is 18.9 Å². The molecule has 0 bridgehead atoms. The molecule has 162 valence electrons. The molecule has 6 heteroatoms. The van der Waals surface area contributed by atoms with Crippen LogP contribution in [0.15, 0.2) is 66.7 Å². The summed E-state index contributed by atoms with van der Waals surface area (Å²) in [6.45, 7) is 1.43. The average molecular weight is 421 g/mol. The predicted octanol–water partition coefficient (Wildman–Crippen LogP) is 4.36. The van der Waals surface area contributed by atoms with E-state index < -0.39 is 0 Å². The number of carbonyl (C=O) groups excluding carboxylic acids is 1. The van der Waals surface area contributed by atoms with Crippen LogP contribution in [0.4, 0.5) is 0 Å². The van der Waals surface area contributed by atoms with Gasteiger partial charge in [0, 0.05) is 6.54 Å². The SMILES string of the molecule is COc1ccc(C(=O)NCc2cccc(COCc3ccccc3)c2)c(OC)c1OC. The van der Waals surface area contributed by atoms with Gasteiger partial charge in [-0.15, -0.1) is 0 Å². The summed E-state index contributed by atoms with van der Waals surface area (Å²) < 4.78 is 21.8. The van der Waals surface area contributed by atoms with Crippen LogP contribution in [0.25, 0.3) is 0 Å². The van der Waals surface area contributed by atoms with E-state index in [9.17, 15) is 4.79 Å². The van der Waals surface area contributed by atoms with Gasteiger partial charge in [-0.3, -0.25) is 4.79 Å². The zero-order valence-corrected chi connectivity index (χ0v) is 18.0. The van der Waals surface area contributed by atoms with E-state index in [1.165, 1.54) is 21.3 Å². The van der Waals surface area contributed by atoms with E-state index in [-0.39, 0.29) is 5.91 Å². The molecule has 0 radical (unpaired) electrons. The molecule has 3 rings (SSSR count). The number of benzene rings is 3. The van der Waals surface area contributed by atoms with Gasteiger partial charge in [0.2, 0.25) is 5.75 Å². The zero-order valence-electron chi connectivity index (χ0n) is 18.0. The highest BCUT2D eigenvalue weighted by Crippen LogP contribution is 2.39. The summed E-state index contributed by atoms with van der Waals surface area (Å²) >= 11 is 0. The second kappa shape index (κ2) is 11.0. The Bertz CT molecular complexity index is 1000. The van der Waals surface area contributed by atoms with Crippen molar-refractivity contribution < 1.29 is 23.7 Å². The van der Waals surface area contributed by atoms with Gasteiger partial charge in [0.05, 0.1) is 40.1 Å². The van der Waals surface area contributed by atoms with Crippen LogP contribution in [0.2, 0.25) is 0 Å². The van der Waals surface area contributed by atoms with Gasteiger partial charge >= 0.3 is 0 Å². The number of hydrogen-bond acceptors (Lipinski definition) is 5. The predicted molar refractivity (Wildman–Crippen MR) is 119 cm³/mol. The van der Waals surface area contributed by atoms with Gasteiger partial charge in [-0.1, -0.05) is 54.6 Å². The molecular weight excluding hydrogens is 394 g/mol. The Morgan fingerprint density at radius 3 is 2.13 bits per heavy atom. The topological polar surface area (TPSA) is 66.0 Å². The van der Waals surface area contributed by atoms with Gasteiger partial charge in [0.15, 0.2) is 11.5 Å². The summed E-state index contributed by atoms with van der Waals surface area (Å²) in [6.07, 6.45) is 0. The number of ether oxygens (including phenoxy) is 4. The number of methoxy groups -OCH3 is 3. The fourth-order valence-electron chi connectivity index (χ4n) is 3.25. The number of carbonyl (C=O) groups is 1. The lowest BCUT2D eigenvalue weighted by atomic mass is 10.1. The Labute approximate surface area is 182 Å². The van der Waals surface area contributed by atoms with E-state index in [1.54, 1.807) is 12.1 Å². The molecule has 3 aromatic rings. The molecule has 0 heterocycles. The van der Waals surface area contributed by atoms with Crippen molar-refractivity contribution in [2.75, 3.05) is 21.3 Å². The first-order chi connectivity index (χ1) is 15.2. The molecule has 0 unspecified atom stereocenters. The van der Waals surface area contributed by atoms with Crippen LogP contribution < -0.4 is 19.5 Å². The first-order valence-electron chi connectivity index (χ1n) is 9.93. The summed E-state index contributed by atoms with van der Waals surface area (Å²) in [5.41, 5.74) is 3.54. The summed E-state index contributed by atoms with van der Waals surface area (Å²) in [4.78, 5) is 12.8. The Morgan fingerprint density at radius 2 is 1.42 bits per heavy atom. The van der Waals surface area contributed by atoms with E-state index >= 15 is 0 Å². The molecule has 0 atom stereocenters. The number of rotatable bonds is 10. The Morgan fingerprint density at radius 1 is 0.742 bits per heavy atom. The lowest BCUT2D eigenvalue weighted by Gasteiger charge is -2.15. The second-order valence-electron chi connectivity index (χ2n) is 6.86. The van der Waals surface area contributed by atoms with E-state index in [0.29, 0.717) is 42.6 Å². The Kier molecular flexibility index (Phi) is 7.90. The molecule has 0 fully saturated rings. The quantitative estimate of drug-likeness (QED) is 0.527. The number of hydrogen-bond donors (Lipinski definition) is 1. The summed E-state index contributed by atoms with van der Waals surface area (Å²) in [7, 11) is 4.54. The van der Waals surface area contributed by atoms with Crippen molar-refractivity contribution in [2.24, 2.45) is 0 Å². The molecule has 31 heavy (non-hydrogen) atoms. The van der Waals surface area contributed by atoms with Crippen molar-refractivity contribution >= 4 is 5.91 Å². The third kappa shape index (κ3) is 5.77. The van der Waals surface area contributed by atoms with Crippen molar-refractivity contribution in [1.82, 2.24) is 5.32 Å². The minimum Gasteiger partial charge on any atom is -0.493 e. The zero-order chi connectivity index (χ0) is 22.1. The van der Waals surface area contributed by atoms with Crippen molar-refractivity contribution in [3.05, 3.63) is 89.0 Å². The fraction of sp³-hybridized carbons (Fsp3) is 0.240. The molecule has 1 N–H and O–H groups in total. The molecule has 0 spiro atoms. The largest absolute Gasteiger partial charge is 0.493 e. The molecule has 0 aliphatic rings. The molecule has 0 aromatic heterocycles. The first kappa shape index (κ1) is 22.2. The lowest BCUT2D eigenvalue weighted by Crippen LogP contribution is -2.23. The molecule has 6 nitrogen and oxygen atoms in total. The molecule has 0 saturated carbocycles. The summed E-state index contributed by atoms with van der Waals surface area (Å²) in [6, 6.07) is 21.3. The van der Waals surface area contributed by atoms with Crippen molar-refractivity contribution in [2.45, 2.75) is 19.8 Å². The van der Waals surface area contributed by atoms with Crippen molar-refractivity contribution in [3.8, 4) is 17.2 Å². The third-order valence-electron chi connectivity index (χ3n) is 4.77. The fourth-order valence-corrected chi connectivity index (χ4v) is 3.25. The standard InChI is InChI=1S/C25H27NO5/c1-28-22-13-12-21(23(29-2)24(22)30-3)25(27)26-15-19-10-7-11-20(14-19)17-31-16-18-8-5-4-6-9-18/h4-14H,15-17H2,1-3H3,(H,26,27). The lowest BCUT2D eigenvalue weighted by molar-refractivity contribution is 0.0947. The highest BCUT2D eigenvalue weighted by atomic mass is 16.5. The minimum atomic E-state index is -0.261. The van der Waals surface area contributed by atoms with Crippen LogP contribution in [-0.2, 0) is 24.5 Å². The van der Waals surface area contributed by atoms with Gasteiger partial charge in [0.25, 0.3) is 5.91 Å². The average Bonchev–Trinajstić information content (AvgIpc) is 2.82. The van der Waals surface area contributed by atoms with Crippen molar-refractivity contribution in [3.63, 3.8) is 0 Å². The van der Waals surface area contributed by atoms with Crippen LogP contribution in [0.5, 0.6) is 17.2 Å². The highest BCUT2D eigenvalue weighted by molar-refractivity contribution is 5.98. The maximum absolute atomic E-state index is 12.8. The normalized spacial score (nSPS) is 10.4. The highest BCUT2D eigenvalue weighted by Gasteiger charge is 2.20.